The fraction of sp³-hybridized carbons (Fsp3) is 0.167. The van der Waals surface area contributed by atoms with Crippen molar-refractivity contribution in [2.45, 2.75) is 32.2 Å². The molecule has 0 amide bonds. The van der Waals surface area contributed by atoms with Crippen LogP contribution in [-0.4, -0.2) is 15.0 Å². The standard InChI is InChI=1S/C60H46N2/c1-37-14-12-23-50-56-38(2)44(30-32-55(56)62(57(37)50)60-36-59(60)33-11-10-17-43(59)35-52(60)41-15-4-3-5-16-41)40-27-25-39(26-28-40)42-29-31-54-51(34-42)49-22-13-21-48-46-19-7-6-18-45(46)47-20-8-9-24-53(47)61(54)58(48)49/h3-13,15-35,37-38,43,56H,14,36H2,1-2H3/t37?,38?,43-,56?,59?,60?/m0/s1. The van der Waals surface area contributed by atoms with Crippen LogP contribution in [0.5, 0.6) is 0 Å². The Bertz CT molecular complexity index is 3340. The minimum Gasteiger partial charge on any atom is -0.336 e. The van der Waals surface area contributed by atoms with E-state index < -0.39 is 0 Å². The third-order valence-corrected chi connectivity index (χ3v) is 16.0. The van der Waals surface area contributed by atoms with Crippen molar-refractivity contribution in [3.05, 3.63) is 222 Å². The highest BCUT2D eigenvalue weighted by molar-refractivity contribution is 6.17. The maximum Gasteiger partial charge on any atom is 0.0809 e. The van der Waals surface area contributed by atoms with E-state index in [0.29, 0.717) is 23.7 Å². The molecule has 6 atom stereocenters. The highest BCUT2D eigenvalue weighted by Gasteiger charge is 2.78. The van der Waals surface area contributed by atoms with Crippen LogP contribution in [0.4, 0.5) is 0 Å². The number of hydrogen-bond donors (Lipinski definition) is 0. The summed E-state index contributed by atoms with van der Waals surface area (Å²) in [7, 11) is 0. The van der Waals surface area contributed by atoms with Gasteiger partial charge in [0.2, 0.25) is 0 Å². The van der Waals surface area contributed by atoms with Gasteiger partial charge in [-0.1, -0.05) is 184 Å². The van der Waals surface area contributed by atoms with E-state index >= 15 is 0 Å². The molecule has 5 aliphatic carbocycles. The molecule has 3 heterocycles. The second-order valence-electron chi connectivity index (χ2n) is 18.9. The van der Waals surface area contributed by atoms with E-state index in [1.54, 1.807) is 5.70 Å². The van der Waals surface area contributed by atoms with E-state index in [-0.39, 0.29) is 11.0 Å². The summed E-state index contributed by atoms with van der Waals surface area (Å²) in [6.07, 6.45) is 24.3. The van der Waals surface area contributed by atoms with Crippen molar-refractivity contribution in [1.29, 1.82) is 0 Å². The third-order valence-electron chi connectivity index (χ3n) is 16.0. The van der Waals surface area contributed by atoms with Gasteiger partial charge in [-0.15, -0.1) is 0 Å². The van der Waals surface area contributed by atoms with Crippen molar-refractivity contribution in [1.82, 2.24) is 9.47 Å². The zero-order valence-corrected chi connectivity index (χ0v) is 35.1. The SMILES string of the molecule is CC1CC=CC2=C1N(C13CC14C=CC=C[C@H]4C=C3c1ccccc1)C1=CC=C(c3ccc(-c4ccc5c(c4)c4cccc6c4n5-c4ccccc4-c4ccccc4-6)cc3)C(C)C12. The summed E-state index contributed by atoms with van der Waals surface area (Å²) >= 11 is 0. The Labute approximate surface area is 363 Å². The number of fused-ring (bicyclic) bond motifs is 10. The van der Waals surface area contributed by atoms with Crippen LogP contribution in [0, 0.1) is 29.1 Å². The first-order valence-electron chi connectivity index (χ1n) is 22.7. The Balaban J connectivity index is 0.856. The monoisotopic (exact) mass is 794 g/mol. The second kappa shape index (κ2) is 12.4. The van der Waals surface area contributed by atoms with Crippen LogP contribution in [-0.2, 0) is 0 Å². The van der Waals surface area contributed by atoms with Gasteiger partial charge >= 0.3 is 0 Å². The molecule has 5 unspecified atom stereocenters. The Hall–Kier alpha value is -6.90. The number of para-hydroxylation sites is 2. The molecule has 0 saturated heterocycles. The van der Waals surface area contributed by atoms with E-state index in [4.69, 9.17) is 0 Å². The average Bonchev–Trinajstić information content (AvgIpc) is 3.54. The van der Waals surface area contributed by atoms with Gasteiger partial charge in [0.1, 0.15) is 0 Å². The zero-order chi connectivity index (χ0) is 40.9. The smallest absolute Gasteiger partial charge is 0.0809 e. The molecular formula is C60H46N2. The molecule has 62 heavy (non-hydrogen) atoms. The highest BCUT2D eigenvalue weighted by atomic mass is 15.3. The summed E-state index contributed by atoms with van der Waals surface area (Å²) in [5.74, 6) is 1.55. The first-order valence-corrected chi connectivity index (χ1v) is 22.7. The fourth-order valence-corrected chi connectivity index (χ4v) is 13.2. The Morgan fingerprint density at radius 1 is 0.629 bits per heavy atom. The summed E-state index contributed by atoms with van der Waals surface area (Å²) in [6, 6.07) is 52.4. The van der Waals surface area contributed by atoms with Crippen molar-refractivity contribution in [3.8, 4) is 39.1 Å². The molecule has 296 valence electrons. The largest absolute Gasteiger partial charge is 0.336 e. The fourth-order valence-electron chi connectivity index (χ4n) is 13.2. The third kappa shape index (κ3) is 4.35. The van der Waals surface area contributed by atoms with Gasteiger partial charge in [-0.05, 0) is 93.1 Å². The minimum absolute atomic E-state index is 0.0760. The lowest BCUT2D eigenvalue weighted by molar-refractivity contribution is 0.271. The highest BCUT2D eigenvalue weighted by Crippen LogP contribution is 2.78. The molecule has 2 nitrogen and oxygen atoms in total. The molecular weight excluding hydrogens is 749 g/mol. The van der Waals surface area contributed by atoms with E-state index in [1.165, 1.54) is 94.4 Å². The number of hydrogen-bond acceptors (Lipinski definition) is 1. The van der Waals surface area contributed by atoms with Crippen LogP contribution in [0.2, 0.25) is 0 Å². The summed E-state index contributed by atoms with van der Waals surface area (Å²) in [5.41, 5.74) is 21.6. The van der Waals surface area contributed by atoms with Crippen LogP contribution < -0.4 is 0 Å². The van der Waals surface area contributed by atoms with Gasteiger partial charge in [0, 0.05) is 56.5 Å². The molecule has 1 aromatic heterocycles. The van der Waals surface area contributed by atoms with Crippen LogP contribution >= 0.6 is 0 Å². The van der Waals surface area contributed by atoms with Gasteiger partial charge < -0.3 is 9.47 Å². The number of rotatable bonds is 4. The molecule has 14 rings (SSSR count). The molecule has 1 spiro atoms. The quantitative estimate of drug-likeness (QED) is 0.172. The van der Waals surface area contributed by atoms with Crippen LogP contribution in [0.3, 0.4) is 0 Å². The maximum atomic E-state index is 2.90. The van der Waals surface area contributed by atoms with Crippen molar-refractivity contribution < 1.29 is 0 Å². The first kappa shape index (κ1) is 34.8. The molecule has 1 fully saturated rings. The first-order chi connectivity index (χ1) is 30.6. The Morgan fingerprint density at radius 2 is 1.37 bits per heavy atom. The normalized spacial score (nSPS) is 26.9. The van der Waals surface area contributed by atoms with Crippen molar-refractivity contribution in [3.63, 3.8) is 0 Å². The Kier molecular flexibility index (Phi) is 6.93. The summed E-state index contributed by atoms with van der Waals surface area (Å²) < 4.78 is 2.50. The predicted octanol–water partition coefficient (Wildman–Crippen LogP) is 14.8. The molecule has 7 aliphatic rings. The van der Waals surface area contributed by atoms with Gasteiger partial charge in [-0.2, -0.15) is 0 Å². The molecule has 0 N–H and O–H groups in total. The van der Waals surface area contributed by atoms with E-state index in [1.807, 2.05) is 0 Å². The molecule has 2 heteroatoms. The van der Waals surface area contributed by atoms with E-state index in [0.717, 1.165) is 12.8 Å². The number of aromatic nitrogens is 1. The number of benzene rings is 6. The predicted molar refractivity (Wildman–Crippen MR) is 257 cm³/mol. The summed E-state index contributed by atoms with van der Waals surface area (Å²) in [4.78, 5) is 2.90. The summed E-state index contributed by atoms with van der Waals surface area (Å²) in [6.45, 7) is 4.94. The van der Waals surface area contributed by atoms with Crippen LogP contribution in [0.25, 0.3) is 72.0 Å². The van der Waals surface area contributed by atoms with Crippen molar-refractivity contribution in [2.24, 2.45) is 29.1 Å². The topological polar surface area (TPSA) is 8.17 Å². The van der Waals surface area contributed by atoms with Crippen LogP contribution in [0.1, 0.15) is 37.8 Å². The van der Waals surface area contributed by atoms with Crippen molar-refractivity contribution >= 4 is 33.0 Å². The second-order valence-corrected chi connectivity index (χ2v) is 18.9. The minimum atomic E-state index is -0.0760. The van der Waals surface area contributed by atoms with Gasteiger partial charge in [0.15, 0.2) is 0 Å². The molecule has 6 aromatic carbocycles. The lowest BCUT2D eigenvalue weighted by atomic mass is 9.74. The maximum absolute atomic E-state index is 2.90. The molecule has 0 radical (unpaired) electrons. The summed E-state index contributed by atoms with van der Waals surface area (Å²) in [5, 5.41) is 2.59. The molecule has 0 bridgehead atoms. The van der Waals surface area contributed by atoms with Gasteiger partial charge in [-0.25, -0.2) is 0 Å². The van der Waals surface area contributed by atoms with E-state index in [9.17, 15) is 0 Å². The number of nitrogens with zero attached hydrogens (tertiary/aromatic N) is 2. The van der Waals surface area contributed by atoms with Gasteiger partial charge in [0.05, 0.1) is 22.3 Å². The average molecular weight is 795 g/mol. The van der Waals surface area contributed by atoms with E-state index in [2.05, 4.69) is 218 Å². The van der Waals surface area contributed by atoms with Gasteiger partial charge in [0.25, 0.3) is 0 Å². The zero-order valence-electron chi connectivity index (χ0n) is 35.1. The Morgan fingerprint density at radius 3 is 2.23 bits per heavy atom. The van der Waals surface area contributed by atoms with Crippen LogP contribution in [0.15, 0.2) is 211 Å². The molecule has 7 aromatic rings. The number of allylic oxidation sites excluding steroid dienone is 11. The lowest BCUT2D eigenvalue weighted by Crippen LogP contribution is -2.41. The van der Waals surface area contributed by atoms with Crippen molar-refractivity contribution in [2.75, 3.05) is 0 Å². The lowest BCUT2D eigenvalue weighted by Gasteiger charge is -2.41. The molecule has 1 saturated carbocycles. The van der Waals surface area contributed by atoms with Gasteiger partial charge in [-0.3, -0.25) is 0 Å². The molecule has 2 aliphatic heterocycles.